The van der Waals surface area contributed by atoms with Gasteiger partial charge in [-0.3, -0.25) is 9.78 Å². The third-order valence-corrected chi connectivity index (χ3v) is 5.59. The van der Waals surface area contributed by atoms with Gasteiger partial charge in [0.1, 0.15) is 5.75 Å². The van der Waals surface area contributed by atoms with Crippen LogP contribution in [-0.4, -0.2) is 41.6 Å². The summed E-state index contributed by atoms with van der Waals surface area (Å²) < 4.78 is 6.05. The largest absolute Gasteiger partial charge is 0.492 e. The lowest BCUT2D eigenvalue weighted by atomic mass is 10.1. The van der Waals surface area contributed by atoms with Crippen molar-refractivity contribution in [2.75, 3.05) is 30.0 Å². The van der Waals surface area contributed by atoms with Crippen LogP contribution < -0.4 is 14.5 Å². The number of hydrogen-bond donors (Lipinski definition) is 0. The minimum absolute atomic E-state index is 0.378. The molecule has 0 fully saturated rings. The predicted octanol–water partition coefficient (Wildman–Crippen LogP) is 5.05. The number of benzene rings is 1. The topological polar surface area (TPSA) is 71.5 Å². The SMILES string of the molecule is CCN(c1cccnc1Cl)c1ncc(CCOc2ccnc3ccccc23)cc1N(C)C=O. The highest BCUT2D eigenvalue weighted by Gasteiger charge is 2.19. The van der Waals surface area contributed by atoms with Gasteiger partial charge in [0.25, 0.3) is 0 Å². The number of nitrogens with zero attached hydrogens (tertiary/aromatic N) is 5. The first kappa shape index (κ1) is 22.5. The first-order chi connectivity index (χ1) is 16.1. The zero-order valence-electron chi connectivity index (χ0n) is 18.5. The van der Waals surface area contributed by atoms with E-state index >= 15 is 0 Å². The van der Waals surface area contributed by atoms with Crippen LogP contribution >= 0.6 is 11.6 Å². The van der Waals surface area contributed by atoms with Gasteiger partial charge in [-0.25, -0.2) is 9.97 Å². The lowest BCUT2D eigenvalue weighted by Crippen LogP contribution is -2.24. The number of ether oxygens (including phenoxy) is 1. The van der Waals surface area contributed by atoms with Crippen molar-refractivity contribution in [3.63, 3.8) is 0 Å². The van der Waals surface area contributed by atoms with Crippen LogP contribution in [0.25, 0.3) is 10.9 Å². The highest BCUT2D eigenvalue weighted by Crippen LogP contribution is 2.35. The molecule has 0 unspecified atom stereocenters. The molecule has 0 spiro atoms. The van der Waals surface area contributed by atoms with E-state index in [1.165, 1.54) is 4.90 Å². The second kappa shape index (κ2) is 10.3. The summed E-state index contributed by atoms with van der Waals surface area (Å²) in [6, 6.07) is 15.4. The molecule has 0 N–H and O–H groups in total. The van der Waals surface area contributed by atoms with E-state index in [0.29, 0.717) is 36.2 Å². The molecule has 4 rings (SSSR count). The van der Waals surface area contributed by atoms with Crippen LogP contribution in [0.5, 0.6) is 5.75 Å². The average molecular weight is 462 g/mol. The molecule has 1 aromatic carbocycles. The van der Waals surface area contributed by atoms with E-state index in [4.69, 9.17) is 16.3 Å². The maximum atomic E-state index is 11.6. The fraction of sp³-hybridized carbons (Fsp3) is 0.200. The van der Waals surface area contributed by atoms with Gasteiger partial charge in [-0.05, 0) is 48.9 Å². The first-order valence-corrected chi connectivity index (χ1v) is 11.0. The van der Waals surface area contributed by atoms with Crippen LogP contribution in [0, 0.1) is 0 Å². The highest BCUT2D eigenvalue weighted by atomic mass is 35.5. The van der Waals surface area contributed by atoms with E-state index in [2.05, 4.69) is 15.0 Å². The number of rotatable bonds is 9. The Balaban J connectivity index is 1.57. The van der Waals surface area contributed by atoms with E-state index in [0.717, 1.165) is 34.3 Å². The summed E-state index contributed by atoms with van der Waals surface area (Å²) in [4.78, 5) is 28.3. The molecule has 33 heavy (non-hydrogen) atoms. The van der Waals surface area contributed by atoms with Gasteiger partial charge < -0.3 is 14.5 Å². The summed E-state index contributed by atoms with van der Waals surface area (Å²) in [5.41, 5.74) is 3.26. The monoisotopic (exact) mass is 461 g/mol. The Morgan fingerprint density at radius 1 is 1.03 bits per heavy atom. The number of aromatic nitrogens is 3. The molecule has 0 radical (unpaired) electrons. The Morgan fingerprint density at radius 3 is 2.67 bits per heavy atom. The summed E-state index contributed by atoms with van der Waals surface area (Å²) in [6.07, 6.45) is 6.58. The predicted molar refractivity (Wildman–Crippen MR) is 132 cm³/mol. The zero-order chi connectivity index (χ0) is 23.2. The van der Waals surface area contributed by atoms with Gasteiger partial charge in [-0.15, -0.1) is 0 Å². The van der Waals surface area contributed by atoms with Crippen molar-refractivity contribution in [1.29, 1.82) is 0 Å². The molecule has 4 aromatic rings. The molecule has 0 atom stereocenters. The van der Waals surface area contributed by atoms with Gasteiger partial charge in [0.05, 0.1) is 23.5 Å². The fourth-order valence-electron chi connectivity index (χ4n) is 3.64. The molecule has 0 bridgehead atoms. The van der Waals surface area contributed by atoms with E-state index in [-0.39, 0.29) is 0 Å². The number of carbonyl (C=O) groups is 1. The minimum atomic E-state index is 0.378. The third kappa shape index (κ3) is 4.88. The number of fused-ring (bicyclic) bond motifs is 1. The Morgan fingerprint density at radius 2 is 1.88 bits per heavy atom. The number of halogens is 1. The Labute approximate surface area is 197 Å². The standard InChI is InChI=1S/C25H24ClN5O2/c1-3-31(21-9-6-12-28-24(21)26)25-22(30(2)17-32)15-18(16-29-25)11-14-33-23-10-13-27-20-8-5-4-7-19(20)23/h4-10,12-13,15-17H,3,11,14H2,1-2H3. The van der Waals surface area contributed by atoms with E-state index in [1.807, 2.05) is 60.4 Å². The van der Waals surface area contributed by atoms with Crippen molar-refractivity contribution >= 4 is 46.1 Å². The van der Waals surface area contributed by atoms with Crippen LogP contribution in [0.15, 0.2) is 67.1 Å². The molecular formula is C25H24ClN5O2. The Bertz CT molecular complexity index is 1260. The number of hydrogen-bond acceptors (Lipinski definition) is 6. The lowest BCUT2D eigenvalue weighted by molar-refractivity contribution is -0.107. The molecule has 0 saturated heterocycles. The second-order valence-corrected chi connectivity index (χ2v) is 7.74. The number of carbonyl (C=O) groups excluding carboxylic acids is 1. The quantitative estimate of drug-likeness (QED) is 0.256. The summed E-state index contributed by atoms with van der Waals surface area (Å²) in [7, 11) is 1.70. The zero-order valence-corrected chi connectivity index (χ0v) is 19.2. The fourth-order valence-corrected chi connectivity index (χ4v) is 3.86. The highest BCUT2D eigenvalue weighted by molar-refractivity contribution is 6.32. The van der Waals surface area contributed by atoms with Gasteiger partial charge in [0.2, 0.25) is 6.41 Å². The van der Waals surface area contributed by atoms with Crippen molar-refractivity contribution in [2.45, 2.75) is 13.3 Å². The number of pyridine rings is 3. The Kier molecular flexibility index (Phi) is 7.00. The van der Waals surface area contributed by atoms with Gasteiger partial charge in [0, 0.05) is 44.0 Å². The van der Waals surface area contributed by atoms with Crippen molar-refractivity contribution < 1.29 is 9.53 Å². The van der Waals surface area contributed by atoms with Gasteiger partial charge >= 0.3 is 0 Å². The van der Waals surface area contributed by atoms with Gasteiger partial charge in [-0.2, -0.15) is 0 Å². The number of para-hydroxylation sites is 1. The minimum Gasteiger partial charge on any atom is -0.492 e. The normalized spacial score (nSPS) is 10.8. The molecular weight excluding hydrogens is 438 g/mol. The number of anilines is 3. The molecule has 7 nitrogen and oxygen atoms in total. The van der Waals surface area contributed by atoms with Gasteiger partial charge in [0.15, 0.2) is 11.0 Å². The summed E-state index contributed by atoms with van der Waals surface area (Å²) in [5, 5.41) is 1.35. The van der Waals surface area contributed by atoms with Crippen molar-refractivity contribution in [3.05, 3.63) is 77.8 Å². The van der Waals surface area contributed by atoms with E-state index in [9.17, 15) is 4.79 Å². The van der Waals surface area contributed by atoms with Crippen molar-refractivity contribution in [3.8, 4) is 5.75 Å². The van der Waals surface area contributed by atoms with Crippen molar-refractivity contribution in [2.24, 2.45) is 0 Å². The smallest absolute Gasteiger partial charge is 0.213 e. The van der Waals surface area contributed by atoms with Crippen LogP contribution in [-0.2, 0) is 11.2 Å². The average Bonchev–Trinajstić information content (AvgIpc) is 2.86. The van der Waals surface area contributed by atoms with E-state index in [1.54, 1.807) is 25.6 Å². The lowest BCUT2D eigenvalue weighted by Gasteiger charge is -2.27. The molecule has 8 heteroatoms. The second-order valence-electron chi connectivity index (χ2n) is 7.38. The van der Waals surface area contributed by atoms with E-state index < -0.39 is 0 Å². The van der Waals surface area contributed by atoms with Gasteiger partial charge in [-0.1, -0.05) is 23.7 Å². The molecule has 0 aliphatic carbocycles. The van der Waals surface area contributed by atoms with Crippen LogP contribution in [0.3, 0.4) is 0 Å². The number of amides is 1. The molecule has 168 valence electrons. The Hall–Kier alpha value is -3.71. The third-order valence-electron chi connectivity index (χ3n) is 5.30. The summed E-state index contributed by atoms with van der Waals surface area (Å²) in [6.45, 7) is 3.07. The van der Waals surface area contributed by atoms with Crippen LogP contribution in [0.1, 0.15) is 12.5 Å². The molecule has 0 saturated carbocycles. The van der Waals surface area contributed by atoms with Crippen LogP contribution in [0.2, 0.25) is 5.15 Å². The van der Waals surface area contributed by atoms with Crippen molar-refractivity contribution in [1.82, 2.24) is 15.0 Å². The maximum absolute atomic E-state index is 11.6. The van der Waals surface area contributed by atoms with Crippen LogP contribution in [0.4, 0.5) is 17.2 Å². The first-order valence-electron chi connectivity index (χ1n) is 10.6. The molecule has 0 aliphatic rings. The molecule has 0 aliphatic heterocycles. The molecule has 3 heterocycles. The maximum Gasteiger partial charge on any atom is 0.213 e. The molecule has 1 amide bonds. The summed E-state index contributed by atoms with van der Waals surface area (Å²) >= 11 is 6.33. The summed E-state index contributed by atoms with van der Waals surface area (Å²) in [5.74, 6) is 1.42. The molecule has 3 aromatic heterocycles.